The standard InChI is InChI=1S/C25H36ClNO5/c1-5-6-7-8-9-10-11-12-15-31-17-21(28)22-19-14-13-18(26)16-20(19)27(23(22)29)24(30)32-25(2,3)4/h13-14,16,29H,5-12,15,17H2,1-4H3. The Morgan fingerprint density at radius 1 is 1.03 bits per heavy atom. The second-order valence-corrected chi connectivity index (χ2v) is 9.56. The summed E-state index contributed by atoms with van der Waals surface area (Å²) in [7, 11) is 0. The van der Waals surface area contributed by atoms with Gasteiger partial charge >= 0.3 is 6.09 Å². The molecule has 1 aromatic carbocycles. The lowest BCUT2D eigenvalue weighted by Crippen LogP contribution is -2.27. The molecule has 6 nitrogen and oxygen atoms in total. The molecule has 178 valence electrons. The van der Waals surface area contributed by atoms with Gasteiger partial charge in [-0.15, -0.1) is 0 Å². The average Bonchev–Trinajstić information content (AvgIpc) is 2.99. The Morgan fingerprint density at radius 2 is 1.66 bits per heavy atom. The fraction of sp³-hybridized carbons (Fsp3) is 0.600. The van der Waals surface area contributed by atoms with Gasteiger partial charge in [0.25, 0.3) is 0 Å². The number of benzene rings is 1. The van der Waals surface area contributed by atoms with E-state index in [0.717, 1.165) is 17.4 Å². The molecule has 0 aliphatic heterocycles. The molecule has 0 saturated carbocycles. The Kier molecular flexibility index (Phi) is 10.0. The molecule has 2 rings (SSSR count). The molecule has 2 aromatic rings. The van der Waals surface area contributed by atoms with Gasteiger partial charge in [-0.3, -0.25) is 4.79 Å². The maximum Gasteiger partial charge on any atom is 0.421 e. The van der Waals surface area contributed by atoms with E-state index in [2.05, 4.69) is 6.92 Å². The summed E-state index contributed by atoms with van der Waals surface area (Å²) in [5.41, 5.74) is -0.406. The lowest BCUT2D eigenvalue weighted by atomic mass is 10.1. The number of carbonyl (C=O) groups excluding carboxylic acids is 2. The normalized spacial score (nSPS) is 11.8. The number of Topliss-reactive ketones (excluding diaryl/α,β-unsaturated/α-hetero) is 1. The summed E-state index contributed by atoms with van der Waals surface area (Å²) in [4.78, 5) is 25.5. The minimum atomic E-state index is -0.777. The van der Waals surface area contributed by atoms with E-state index < -0.39 is 23.4 Å². The molecule has 0 spiro atoms. The fourth-order valence-electron chi connectivity index (χ4n) is 3.59. The predicted octanol–water partition coefficient (Wildman–Crippen LogP) is 7.12. The number of fused-ring (bicyclic) bond motifs is 1. The number of carbonyl (C=O) groups is 2. The first-order valence-corrected chi connectivity index (χ1v) is 11.9. The highest BCUT2D eigenvalue weighted by Gasteiger charge is 2.28. The molecular weight excluding hydrogens is 430 g/mol. The van der Waals surface area contributed by atoms with Gasteiger partial charge in [0.1, 0.15) is 12.2 Å². The molecule has 1 N–H and O–H groups in total. The Bertz CT molecular complexity index is 913. The molecule has 0 fully saturated rings. The number of rotatable bonds is 12. The van der Waals surface area contributed by atoms with E-state index in [1.54, 1.807) is 32.9 Å². The molecule has 0 saturated heterocycles. The molecule has 7 heteroatoms. The first-order valence-electron chi connectivity index (χ1n) is 11.5. The maximum absolute atomic E-state index is 12.8. The van der Waals surface area contributed by atoms with Crippen molar-refractivity contribution in [3.8, 4) is 5.88 Å². The fourth-order valence-corrected chi connectivity index (χ4v) is 3.76. The minimum absolute atomic E-state index is 0.0402. The van der Waals surface area contributed by atoms with Gasteiger partial charge in [-0.1, -0.05) is 69.5 Å². The van der Waals surface area contributed by atoms with Crippen LogP contribution in [0, 0.1) is 0 Å². The zero-order chi connectivity index (χ0) is 23.7. The zero-order valence-electron chi connectivity index (χ0n) is 19.7. The van der Waals surface area contributed by atoms with E-state index in [1.165, 1.54) is 44.6 Å². The average molecular weight is 466 g/mol. The summed E-state index contributed by atoms with van der Waals surface area (Å²) >= 11 is 6.09. The van der Waals surface area contributed by atoms with Gasteiger partial charge in [0, 0.05) is 17.0 Å². The van der Waals surface area contributed by atoms with E-state index in [1.807, 2.05) is 0 Å². The van der Waals surface area contributed by atoms with E-state index in [-0.39, 0.29) is 12.2 Å². The molecule has 0 amide bonds. The van der Waals surface area contributed by atoms with Crippen molar-refractivity contribution in [3.05, 3.63) is 28.8 Å². The number of halogens is 1. The van der Waals surface area contributed by atoms with Gasteiger partial charge in [-0.2, -0.15) is 0 Å². The summed E-state index contributed by atoms with van der Waals surface area (Å²) in [6, 6.07) is 4.75. The Hall–Kier alpha value is -2.05. The van der Waals surface area contributed by atoms with E-state index >= 15 is 0 Å². The summed E-state index contributed by atoms with van der Waals surface area (Å²) in [6.45, 7) is 7.71. The highest BCUT2D eigenvalue weighted by molar-refractivity contribution is 6.31. The lowest BCUT2D eigenvalue weighted by Gasteiger charge is -2.20. The van der Waals surface area contributed by atoms with Gasteiger partial charge in [0.15, 0.2) is 5.78 Å². The largest absolute Gasteiger partial charge is 0.494 e. The zero-order valence-corrected chi connectivity index (χ0v) is 20.5. The van der Waals surface area contributed by atoms with Gasteiger partial charge < -0.3 is 14.6 Å². The van der Waals surface area contributed by atoms with Crippen LogP contribution in [-0.2, 0) is 9.47 Å². The van der Waals surface area contributed by atoms with Crippen LogP contribution in [0.2, 0.25) is 5.02 Å². The van der Waals surface area contributed by atoms with Crippen molar-refractivity contribution in [2.45, 2.75) is 84.7 Å². The quantitative estimate of drug-likeness (QED) is 0.266. The highest BCUT2D eigenvalue weighted by atomic mass is 35.5. The number of hydrogen-bond acceptors (Lipinski definition) is 5. The lowest BCUT2D eigenvalue weighted by molar-refractivity contribution is 0.0533. The van der Waals surface area contributed by atoms with Crippen LogP contribution in [0.15, 0.2) is 18.2 Å². The summed E-state index contributed by atoms with van der Waals surface area (Å²) in [5.74, 6) is -0.853. The molecule has 32 heavy (non-hydrogen) atoms. The minimum Gasteiger partial charge on any atom is -0.494 e. The van der Waals surface area contributed by atoms with Crippen LogP contribution in [0.1, 0.15) is 89.4 Å². The predicted molar refractivity (Wildman–Crippen MR) is 128 cm³/mol. The number of unbranched alkanes of at least 4 members (excludes halogenated alkanes) is 7. The molecular formula is C25H36ClNO5. The summed E-state index contributed by atoms with van der Waals surface area (Å²) in [6.07, 6.45) is 8.72. The Balaban J connectivity index is 2.00. The topological polar surface area (TPSA) is 77.8 Å². The Morgan fingerprint density at radius 3 is 2.28 bits per heavy atom. The number of nitrogens with zero attached hydrogens (tertiary/aromatic N) is 1. The molecule has 0 unspecified atom stereocenters. The molecule has 0 bridgehead atoms. The van der Waals surface area contributed by atoms with Crippen molar-refractivity contribution in [2.75, 3.05) is 13.2 Å². The number of aromatic hydroxyl groups is 1. The van der Waals surface area contributed by atoms with Crippen molar-refractivity contribution < 1.29 is 24.2 Å². The van der Waals surface area contributed by atoms with Crippen molar-refractivity contribution in [1.82, 2.24) is 4.57 Å². The van der Waals surface area contributed by atoms with Crippen LogP contribution < -0.4 is 0 Å². The number of hydrogen-bond donors (Lipinski definition) is 1. The summed E-state index contributed by atoms with van der Waals surface area (Å²) in [5, 5.41) is 11.6. The highest BCUT2D eigenvalue weighted by Crippen LogP contribution is 2.34. The number of aromatic nitrogens is 1. The molecule has 1 aromatic heterocycles. The third-order valence-electron chi connectivity index (χ3n) is 5.14. The van der Waals surface area contributed by atoms with Gasteiger partial charge in [0.05, 0.1) is 11.1 Å². The Labute approximate surface area is 195 Å². The second-order valence-electron chi connectivity index (χ2n) is 9.13. The van der Waals surface area contributed by atoms with E-state index in [0.29, 0.717) is 22.5 Å². The van der Waals surface area contributed by atoms with Crippen molar-refractivity contribution in [2.24, 2.45) is 0 Å². The summed E-state index contributed by atoms with van der Waals surface area (Å²) < 4.78 is 11.9. The monoisotopic (exact) mass is 465 g/mol. The van der Waals surface area contributed by atoms with Crippen molar-refractivity contribution >= 4 is 34.4 Å². The van der Waals surface area contributed by atoms with Crippen molar-refractivity contribution in [1.29, 1.82) is 0 Å². The van der Waals surface area contributed by atoms with Gasteiger partial charge in [-0.25, -0.2) is 9.36 Å². The van der Waals surface area contributed by atoms with Gasteiger partial charge in [0.2, 0.25) is 5.88 Å². The third kappa shape index (κ3) is 7.52. The molecule has 0 radical (unpaired) electrons. The van der Waals surface area contributed by atoms with Crippen LogP contribution in [0.25, 0.3) is 10.9 Å². The van der Waals surface area contributed by atoms with E-state index in [9.17, 15) is 14.7 Å². The first kappa shape index (κ1) is 26.2. The van der Waals surface area contributed by atoms with Crippen LogP contribution in [0.4, 0.5) is 4.79 Å². The first-order chi connectivity index (χ1) is 15.2. The van der Waals surface area contributed by atoms with Crippen LogP contribution >= 0.6 is 11.6 Å². The molecule has 0 atom stereocenters. The second kappa shape index (κ2) is 12.3. The smallest absolute Gasteiger partial charge is 0.421 e. The van der Waals surface area contributed by atoms with Crippen LogP contribution in [-0.4, -0.2) is 40.4 Å². The van der Waals surface area contributed by atoms with Gasteiger partial charge in [-0.05, 0) is 39.3 Å². The molecule has 0 aliphatic carbocycles. The number of ether oxygens (including phenoxy) is 2. The molecule has 0 aliphatic rings. The third-order valence-corrected chi connectivity index (χ3v) is 5.37. The SMILES string of the molecule is CCCCCCCCCCOCC(=O)c1c(O)n(C(=O)OC(C)(C)C)c2cc(Cl)ccc12. The van der Waals surface area contributed by atoms with Crippen molar-refractivity contribution in [3.63, 3.8) is 0 Å². The molecule has 1 heterocycles. The maximum atomic E-state index is 12.8. The number of ketones is 1. The van der Waals surface area contributed by atoms with E-state index in [4.69, 9.17) is 21.1 Å². The van der Waals surface area contributed by atoms with Crippen LogP contribution in [0.5, 0.6) is 5.88 Å². The van der Waals surface area contributed by atoms with Crippen LogP contribution in [0.3, 0.4) is 0 Å².